The lowest BCUT2D eigenvalue weighted by atomic mass is 10.1. The SMILES string of the molecule is CCOC(=O)C(C)(C)Oc1ccc(C(=O)/C=C/c2c(C)[nH]c3ccccc23)cc1. The summed E-state index contributed by atoms with van der Waals surface area (Å²) in [4.78, 5) is 27.8. The van der Waals surface area contributed by atoms with Crippen molar-refractivity contribution in [3.8, 4) is 5.75 Å². The topological polar surface area (TPSA) is 68.4 Å². The van der Waals surface area contributed by atoms with Crippen molar-refractivity contribution < 1.29 is 19.1 Å². The number of fused-ring (bicyclic) bond motifs is 1. The van der Waals surface area contributed by atoms with Crippen molar-refractivity contribution in [1.82, 2.24) is 4.98 Å². The zero-order valence-electron chi connectivity index (χ0n) is 17.1. The molecule has 3 aromatic rings. The number of aromatic nitrogens is 1. The van der Waals surface area contributed by atoms with Gasteiger partial charge in [-0.1, -0.05) is 18.2 Å². The maximum atomic E-state index is 12.6. The summed E-state index contributed by atoms with van der Waals surface area (Å²) in [7, 11) is 0. The average molecular weight is 391 g/mol. The van der Waals surface area contributed by atoms with E-state index in [-0.39, 0.29) is 5.78 Å². The van der Waals surface area contributed by atoms with E-state index < -0.39 is 11.6 Å². The molecule has 1 aromatic heterocycles. The van der Waals surface area contributed by atoms with Crippen LogP contribution in [0.5, 0.6) is 5.75 Å². The highest BCUT2D eigenvalue weighted by Crippen LogP contribution is 2.24. The smallest absolute Gasteiger partial charge is 0.349 e. The summed E-state index contributed by atoms with van der Waals surface area (Å²) >= 11 is 0. The van der Waals surface area contributed by atoms with E-state index in [9.17, 15) is 9.59 Å². The number of H-pyrrole nitrogens is 1. The number of hydrogen-bond acceptors (Lipinski definition) is 4. The molecule has 5 nitrogen and oxygen atoms in total. The molecule has 0 radical (unpaired) electrons. The van der Waals surface area contributed by atoms with Crippen molar-refractivity contribution in [1.29, 1.82) is 0 Å². The molecule has 0 saturated carbocycles. The zero-order chi connectivity index (χ0) is 21.0. The van der Waals surface area contributed by atoms with Crippen molar-refractivity contribution in [3.05, 3.63) is 71.4 Å². The highest BCUT2D eigenvalue weighted by atomic mass is 16.6. The first-order valence-corrected chi connectivity index (χ1v) is 9.58. The molecule has 0 spiro atoms. The van der Waals surface area contributed by atoms with Gasteiger partial charge < -0.3 is 14.5 Å². The van der Waals surface area contributed by atoms with Crippen LogP contribution in [0.15, 0.2) is 54.6 Å². The Bertz CT molecular complexity index is 1060. The van der Waals surface area contributed by atoms with Crippen molar-refractivity contribution in [2.75, 3.05) is 6.61 Å². The lowest BCUT2D eigenvalue weighted by Crippen LogP contribution is -2.39. The molecule has 0 aliphatic carbocycles. The van der Waals surface area contributed by atoms with Gasteiger partial charge in [0.15, 0.2) is 11.4 Å². The molecule has 2 aromatic carbocycles. The molecule has 0 saturated heterocycles. The summed E-state index contributed by atoms with van der Waals surface area (Å²) < 4.78 is 10.7. The van der Waals surface area contributed by atoms with Gasteiger partial charge in [0.25, 0.3) is 0 Å². The standard InChI is InChI=1S/C24H25NO4/c1-5-28-23(27)24(3,4)29-18-12-10-17(11-13-18)22(26)15-14-19-16(2)25-21-9-7-6-8-20(19)21/h6-15,25H,5H2,1-4H3/b15-14+. The molecule has 150 valence electrons. The summed E-state index contributed by atoms with van der Waals surface area (Å²) in [6, 6.07) is 14.7. The molecule has 1 N–H and O–H groups in total. The zero-order valence-corrected chi connectivity index (χ0v) is 17.1. The van der Waals surface area contributed by atoms with Crippen LogP contribution in [0.1, 0.15) is 42.4 Å². The number of allylic oxidation sites excluding steroid dienone is 1. The van der Waals surface area contributed by atoms with Crippen molar-refractivity contribution >= 4 is 28.7 Å². The number of aryl methyl sites for hydroxylation is 1. The third kappa shape index (κ3) is 4.57. The predicted molar refractivity (Wildman–Crippen MR) is 114 cm³/mol. The minimum atomic E-state index is -1.10. The van der Waals surface area contributed by atoms with Crippen LogP contribution in [0.4, 0.5) is 0 Å². The average Bonchev–Trinajstić information content (AvgIpc) is 3.01. The van der Waals surface area contributed by atoms with Crippen LogP contribution in [-0.2, 0) is 9.53 Å². The van der Waals surface area contributed by atoms with E-state index in [2.05, 4.69) is 4.98 Å². The molecule has 0 aliphatic heterocycles. The van der Waals surface area contributed by atoms with E-state index >= 15 is 0 Å². The van der Waals surface area contributed by atoms with E-state index in [1.165, 1.54) is 0 Å². The van der Waals surface area contributed by atoms with Gasteiger partial charge in [-0.15, -0.1) is 0 Å². The molecular formula is C24H25NO4. The summed E-state index contributed by atoms with van der Waals surface area (Å²) in [6.07, 6.45) is 3.41. The first-order valence-electron chi connectivity index (χ1n) is 9.58. The number of nitrogens with one attached hydrogen (secondary N) is 1. The second kappa shape index (κ2) is 8.35. The van der Waals surface area contributed by atoms with Gasteiger partial charge >= 0.3 is 5.97 Å². The van der Waals surface area contributed by atoms with Crippen molar-refractivity contribution in [2.45, 2.75) is 33.3 Å². The summed E-state index contributed by atoms with van der Waals surface area (Å²) in [5, 5.41) is 1.08. The van der Waals surface area contributed by atoms with E-state index in [0.717, 1.165) is 22.2 Å². The third-order valence-electron chi connectivity index (χ3n) is 4.62. The lowest BCUT2D eigenvalue weighted by Gasteiger charge is -2.24. The third-order valence-corrected chi connectivity index (χ3v) is 4.62. The lowest BCUT2D eigenvalue weighted by molar-refractivity contribution is -0.158. The normalized spacial score (nSPS) is 11.7. The Labute approximate surface area is 170 Å². The molecule has 1 heterocycles. The second-order valence-electron chi connectivity index (χ2n) is 7.26. The van der Waals surface area contributed by atoms with Crippen LogP contribution in [0.3, 0.4) is 0 Å². The minimum Gasteiger partial charge on any atom is -0.476 e. The van der Waals surface area contributed by atoms with E-state index in [1.54, 1.807) is 51.1 Å². The Balaban J connectivity index is 1.73. The molecule has 0 bridgehead atoms. The molecule has 5 heteroatoms. The molecule has 0 fully saturated rings. The fourth-order valence-electron chi connectivity index (χ4n) is 3.10. The first kappa shape index (κ1) is 20.4. The summed E-state index contributed by atoms with van der Waals surface area (Å²) in [5.74, 6) is -0.0425. The largest absolute Gasteiger partial charge is 0.476 e. The van der Waals surface area contributed by atoms with Crippen LogP contribution in [0.2, 0.25) is 0 Å². The van der Waals surface area contributed by atoms with Gasteiger partial charge in [-0.25, -0.2) is 4.79 Å². The first-order chi connectivity index (χ1) is 13.8. The van der Waals surface area contributed by atoms with Gasteiger partial charge in [0.2, 0.25) is 0 Å². The van der Waals surface area contributed by atoms with Gasteiger partial charge in [0.05, 0.1) is 6.61 Å². The number of aromatic amines is 1. The Morgan fingerprint density at radius 1 is 1.07 bits per heavy atom. The van der Waals surface area contributed by atoms with Crippen LogP contribution in [0.25, 0.3) is 17.0 Å². The van der Waals surface area contributed by atoms with Gasteiger partial charge in [0.1, 0.15) is 5.75 Å². The number of hydrogen-bond donors (Lipinski definition) is 1. The second-order valence-corrected chi connectivity index (χ2v) is 7.26. The molecule has 0 unspecified atom stereocenters. The molecule has 0 amide bonds. The molecule has 29 heavy (non-hydrogen) atoms. The number of rotatable bonds is 7. The van der Waals surface area contributed by atoms with Crippen LogP contribution < -0.4 is 4.74 Å². The maximum Gasteiger partial charge on any atom is 0.349 e. The van der Waals surface area contributed by atoms with E-state index in [4.69, 9.17) is 9.47 Å². The fourth-order valence-corrected chi connectivity index (χ4v) is 3.10. The Hall–Kier alpha value is -3.34. The van der Waals surface area contributed by atoms with Crippen LogP contribution in [0, 0.1) is 6.92 Å². The fraction of sp³-hybridized carbons (Fsp3) is 0.250. The summed E-state index contributed by atoms with van der Waals surface area (Å²) in [6.45, 7) is 7.33. The molecule has 0 aliphatic rings. The highest BCUT2D eigenvalue weighted by molar-refractivity contribution is 6.08. The van der Waals surface area contributed by atoms with Crippen molar-refractivity contribution in [3.63, 3.8) is 0 Å². The number of ketones is 1. The molecule has 3 rings (SSSR count). The van der Waals surface area contributed by atoms with E-state index in [0.29, 0.717) is 17.9 Å². The molecular weight excluding hydrogens is 366 g/mol. The van der Waals surface area contributed by atoms with Crippen molar-refractivity contribution in [2.24, 2.45) is 0 Å². The monoisotopic (exact) mass is 391 g/mol. The predicted octanol–water partition coefficient (Wildman–Crippen LogP) is 5.09. The number of benzene rings is 2. The molecule has 0 atom stereocenters. The van der Waals surface area contributed by atoms with Gasteiger partial charge in [-0.05, 0) is 70.2 Å². The number of carbonyl (C=O) groups is 2. The van der Waals surface area contributed by atoms with E-state index in [1.807, 2.05) is 37.3 Å². The van der Waals surface area contributed by atoms with Crippen LogP contribution in [-0.4, -0.2) is 28.9 Å². The van der Waals surface area contributed by atoms with Gasteiger partial charge in [0, 0.05) is 27.7 Å². The minimum absolute atomic E-state index is 0.106. The Morgan fingerprint density at radius 3 is 2.45 bits per heavy atom. The number of ether oxygens (including phenoxy) is 2. The highest BCUT2D eigenvalue weighted by Gasteiger charge is 2.31. The number of esters is 1. The number of carbonyl (C=O) groups excluding carboxylic acids is 2. The van der Waals surface area contributed by atoms with Gasteiger partial charge in [-0.2, -0.15) is 0 Å². The maximum absolute atomic E-state index is 12.6. The van der Waals surface area contributed by atoms with Gasteiger partial charge in [-0.3, -0.25) is 4.79 Å². The Kier molecular flexibility index (Phi) is 5.87. The number of para-hydroxylation sites is 1. The van der Waals surface area contributed by atoms with Crippen LogP contribution >= 0.6 is 0 Å². The summed E-state index contributed by atoms with van der Waals surface area (Å²) in [5.41, 5.74) is 2.50. The Morgan fingerprint density at radius 2 is 1.76 bits per heavy atom. The quantitative estimate of drug-likeness (QED) is 0.346.